The Labute approximate surface area is 174 Å². The number of hydrogen-bond acceptors (Lipinski definition) is 5. The number of nitrogens with zero attached hydrogens (tertiary/aromatic N) is 4. The number of thioether (sulfide) groups is 1. The van der Waals surface area contributed by atoms with Crippen molar-refractivity contribution in [1.29, 1.82) is 0 Å². The molecule has 146 valence electrons. The summed E-state index contributed by atoms with van der Waals surface area (Å²) < 4.78 is 7.91. The number of benzene rings is 2. The monoisotopic (exact) mass is 402 g/mol. The molecule has 0 atom stereocenters. The van der Waals surface area contributed by atoms with Gasteiger partial charge >= 0.3 is 0 Å². The molecule has 6 heteroatoms. The lowest BCUT2D eigenvalue weighted by molar-refractivity contribution is 0.344. The van der Waals surface area contributed by atoms with Crippen LogP contribution in [0.3, 0.4) is 0 Å². The van der Waals surface area contributed by atoms with Gasteiger partial charge in [-0.2, -0.15) is 0 Å². The maximum atomic E-state index is 5.81. The minimum Gasteiger partial charge on any atom is -0.493 e. The van der Waals surface area contributed by atoms with E-state index in [1.165, 1.54) is 5.56 Å². The number of rotatable bonds is 8. The molecule has 4 aromatic rings. The lowest BCUT2D eigenvalue weighted by atomic mass is 10.1. The van der Waals surface area contributed by atoms with E-state index in [9.17, 15) is 0 Å². The average Bonchev–Trinajstić information content (AvgIpc) is 3.22. The van der Waals surface area contributed by atoms with Crippen molar-refractivity contribution in [3.8, 4) is 22.8 Å². The summed E-state index contributed by atoms with van der Waals surface area (Å²) >= 11 is 1.64. The van der Waals surface area contributed by atoms with Gasteiger partial charge in [-0.1, -0.05) is 49.0 Å². The predicted octanol–water partition coefficient (Wildman–Crippen LogP) is 5.06. The fourth-order valence-electron chi connectivity index (χ4n) is 2.97. The second-order valence-electron chi connectivity index (χ2n) is 6.41. The van der Waals surface area contributed by atoms with E-state index in [-0.39, 0.29) is 0 Å². The second kappa shape index (κ2) is 9.39. The Balaban J connectivity index is 1.57. The summed E-state index contributed by atoms with van der Waals surface area (Å²) in [5, 5.41) is 9.77. The molecule has 0 aliphatic heterocycles. The second-order valence-corrected chi connectivity index (χ2v) is 7.47. The fourth-order valence-corrected chi connectivity index (χ4v) is 3.74. The molecule has 0 fully saturated rings. The molecule has 4 rings (SSSR count). The van der Waals surface area contributed by atoms with Crippen LogP contribution in [-0.2, 0) is 6.42 Å². The van der Waals surface area contributed by atoms with E-state index in [1.807, 2.05) is 42.5 Å². The highest BCUT2D eigenvalue weighted by Gasteiger charge is 2.16. The fraction of sp³-hybridized carbons (Fsp3) is 0.174. The molecule has 0 saturated heterocycles. The molecule has 0 unspecified atom stereocenters. The van der Waals surface area contributed by atoms with Gasteiger partial charge in [-0.15, -0.1) is 10.2 Å². The van der Waals surface area contributed by atoms with Gasteiger partial charge in [-0.3, -0.25) is 9.55 Å². The van der Waals surface area contributed by atoms with Crippen LogP contribution in [0.5, 0.6) is 5.75 Å². The molecule has 5 nitrogen and oxygen atoms in total. The number of ether oxygens (including phenoxy) is 1. The zero-order valence-corrected chi connectivity index (χ0v) is 17.0. The molecule has 0 bridgehead atoms. The maximum absolute atomic E-state index is 5.81. The summed E-state index contributed by atoms with van der Waals surface area (Å²) in [5.74, 6) is 2.46. The number of pyridine rings is 1. The zero-order chi connectivity index (χ0) is 19.9. The highest BCUT2D eigenvalue weighted by molar-refractivity contribution is 7.99. The van der Waals surface area contributed by atoms with Gasteiger partial charge in [0.2, 0.25) is 0 Å². The van der Waals surface area contributed by atoms with Gasteiger partial charge < -0.3 is 4.74 Å². The summed E-state index contributed by atoms with van der Waals surface area (Å²) in [4.78, 5) is 4.11. The molecule has 2 aromatic carbocycles. The summed E-state index contributed by atoms with van der Waals surface area (Å²) in [6, 6.07) is 22.3. The van der Waals surface area contributed by atoms with Crippen molar-refractivity contribution in [2.45, 2.75) is 18.5 Å². The molecular weight excluding hydrogens is 380 g/mol. The van der Waals surface area contributed by atoms with Crippen molar-refractivity contribution in [2.75, 3.05) is 12.4 Å². The summed E-state index contributed by atoms with van der Waals surface area (Å²) in [6.45, 7) is 2.76. The molecule has 0 radical (unpaired) electrons. The molecule has 0 saturated carbocycles. The highest BCUT2D eigenvalue weighted by atomic mass is 32.2. The van der Waals surface area contributed by atoms with Gasteiger partial charge in [-0.05, 0) is 48.4 Å². The van der Waals surface area contributed by atoms with E-state index in [4.69, 9.17) is 4.74 Å². The molecule has 0 aliphatic rings. The first-order valence-corrected chi connectivity index (χ1v) is 10.6. The van der Waals surface area contributed by atoms with Crippen molar-refractivity contribution in [3.05, 3.63) is 84.7 Å². The van der Waals surface area contributed by atoms with Gasteiger partial charge in [0.1, 0.15) is 5.75 Å². The highest BCUT2D eigenvalue weighted by Crippen LogP contribution is 2.28. The van der Waals surface area contributed by atoms with Crippen molar-refractivity contribution < 1.29 is 4.74 Å². The van der Waals surface area contributed by atoms with Crippen LogP contribution >= 0.6 is 11.8 Å². The number of para-hydroxylation sites is 1. The van der Waals surface area contributed by atoms with E-state index in [0.717, 1.165) is 40.2 Å². The predicted molar refractivity (Wildman–Crippen MR) is 117 cm³/mol. The number of aryl methyl sites for hydroxylation is 1. The van der Waals surface area contributed by atoms with Crippen LogP contribution in [0.15, 0.2) is 84.3 Å². The minimum absolute atomic E-state index is 0.598. The van der Waals surface area contributed by atoms with Crippen molar-refractivity contribution in [3.63, 3.8) is 0 Å². The molecule has 0 N–H and O–H groups in total. The van der Waals surface area contributed by atoms with Crippen LogP contribution in [0.2, 0.25) is 0 Å². The van der Waals surface area contributed by atoms with Crippen LogP contribution in [0.4, 0.5) is 0 Å². The molecule has 0 amide bonds. The number of hydrogen-bond donors (Lipinski definition) is 0. The van der Waals surface area contributed by atoms with Crippen molar-refractivity contribution >= 4 is 11.8 Å². The zero-order valence-electron chi connectivity index (χ0n) is 16.2. The third-order valence-electron chi connectivity index (χ3n) is 4.50. The average molecular weight is 403 g/mol. The quantitative estimate of drug-likeness (QED) is 0.304. The molecular formula is C23H22N4OS. The van der Waals surface area contributed by atoms with Crippen LogP contribution in [0.25, 0.3) is 17.1 Å². The number of aromatic nitrogens is 4. The Morgan fingerprint density at radius 3 is 2.38 bits per heavy atom. The van der Waals surface area contributed by atoms with E-state index in [2.05, 4.69) is 50.9 Å². The normalized spacial score (nSPS) is 10.8. The van der Waals surface area contributed by atoms with Crippen LogP contribution in [0, 0.1) is 0 Å². The Bertz CT molecular complexity index is 1030. The Morgan fingerprint density at radius 2 is 1.66 bits per heavy atom. The molecule has 2 aromatic heterocycles. The van der Waals surface area contributed by atoms with Crippen LogP contribution in [-0.4, -0.2) is 32.1 Å². The lowest BCUT2D eigenvalue weighted by Crippen LogP contribution is -2.03. The standard InChI is InChI=1S/C23H22N4OS/c1-2-18-8-10-20(11-9-18)27-22(19-12-14-24-15-13-19)25-26-23(27)29-17-16-28-21-6-4-3-5-7-21/h3-15H,2,16-17H2,1H3. The van der Waals surface area contributed by atoms with Crippen molar-refractivity contribution in [1.82, 2.24) is 19.7 Å². The first-order chi connectivity index (χ1) is 14.3. The first kappa shape index (κ1) is 19.2. The van der Waals surface area contributed by atoms with Gasteiger partial charge in [0.25, 0.3) is 0 Å². The Kier molecular flexibility index (Phi) is 6.22. The van der Waals surface area contributed by atoms with E-state index < -0.39 is 0 Å². The van der Waals surface area contributed by atoms with E-state index in [1.54, 1.807) is 24.2 Å². The minimum atomic E-state index is 0.598. The maximum Gasteiger partial charge on any atom is 0.196 e. The van der Waals surface area contributed by atoms with Gasteiger partial charge in [0.05, 0.1) is 6.61 Å². The van der Waals surface area contributed by atoms with Crippen LogP contribution in [0.1, 0.15) is 12.5 Å². The first-order valence-electron chi connectivity index (χ1n) is 9.61. The van der Waals surface area contributed by atoms with E-state index in [0.29, 0.717) is 6.61 Å². The summed E-state index contributed by atoms with van der Waals surface area (Å²) in [7, 11) is 0. The van der Waals surface area contributed by atoms with Crippen LogP contribution < -0.4 is 4.74 Å². The van der Waals surface area contributed by atoms with E-state index >= 15 is 0 Å². The third kappa shape index (κ3) is 4.66. The van der Waals surface area contributed by atoms with Crippen molar-refractivity contribution in [2.24, 2.45) is 0 Å². The summed E-state index contributed by atoms with van der Waals surface area (Å²) in [5.41, 5.74) is 3.34. The molecule has 2 heterocycles. The third-order valence-corrected chi connectivity index (χ3v) is 5.39. The SMILES string of the molecule is CCc1ccc(-n2c(SCCOc3ccccc3)nnc2-c2ccncc2)cc1. The molecule has 0 spiro atoms. The lowest BCUT2D eigenvalue weighted by Gasteiger charge is -2.11. The summed E-state index contributed by atoms with van der Waals surface area (Å²) in [6.07, 6.45) is 4.56. The Morgan fingerprint density at radius 1 is 0.897 bits per heavy atom. The van der Waals surface area contributed by atoms with Gasteiger partial charge in [0, 0.05) is 29.4 Å². The molecule has 29 heavy (non-hydrogen) atoms. The largest absolute Gasteiger partial charge is 0.493 e. The molecule has 0 aliphatic carbocycles. The van der Waals surface area contributed by atoms with Gasteiger partial charge in [0.15, 0.2) is 11.0 Å². The smallest absolute Gasteiger partial charge is 0.196 e. The Hall–Kier alpha value is -3.12. The van der Waals surface area contributed by atoms with Gasteiger partial charge in [-0.25, -0.2) is 0 Å². The topological polar surface area (TPSA) is 52.8 Å².